The molecule has 2 N–H and O–H groups in total. The molecule has 4 heterocycles. The predicted molar refractivity (Wildman–Crippen MR) is 178 cm³/mol. The van der Waals surface area contributed by atoms with Crippen LogP contribution >= 0.6 is 15.9 Å². The summed E-state index contributed by atoms with van der Waals surface area (Å²) in [6.07, 6.45) is 5.57. The number of fused-ring (bicyclic) bond motifs is 2. The lowest BCUT2D eigenvalue weighted by atomic mass is 9.74. The summed E-state index contributed by atoms with van der Waals surface area (Å²) in [5.74, 6) is -3.65. The molecule has 6 rings (SSSR count). The molecule has 47 heavy (non-hydrogen) atoms. The summed E-state index contributed by atoms with van der Waals surface area (Å²) in [6.45, 7) is 5.43. The van der Waals surface area contributed by atoms with Crippen molar-refractivity contribution in [2.45, 2.75) is 69.9 Å². The molecule has 2 fully saturated rings. The van der Waals surface area contributed by atoms with Crippen molar-refractivity contribution >= 4 is 45.3 Å². The number of nitrogens with zero attached hydrogens (tertiary/aromatic N) is 2. The Morgan fingerprint density at radius 2 is 1.74 bits per heavy atom. The van der Waals surface area contributed by atoms with Gasteiger partial charge in [-0.1, -0.05) is 83.5 Å². The quantitative estimate of drug-likeness (QED) is 0.356. The van der Waals surface area contributed by atoms with Crippen molar-refractivity contribution < 1.29 is 33.8 Å². The molecular formula is C36H40BrN3O7. The van der Waals surface area contributed by atoms with E-state index < -0.39 is 59.5 Å². The van der Waals surface area contributed by atoms with Crippen molar-refractivity contribution in [3.63, 3.8) is 0 Å². The van der Waals surface area contributed by atoms with E-state index in [9.17, 15) is 19.5 Å². The van der Waals surface area contributed by atoms with E-state index >= 15 is 4.79 Å². The van der Waals surface area contributed by atoms with E-state index in [0.29, 0.717) is 23.0 Å². The van der Waals surface area contributed by atoms with Gasteiger partial charge in [0.25, 0.3) is 5.91 Å². The first-order chi connectivity index (χ1) is 22.6. The van der Waals surface area contributed by atoms with Crippen LogP contribution < -0.4 is 10.2 Å². The third kappa shape index (κ3) is 5.72. The highest BCUT2D eigenvalue weighted by atomic mass is 79.9. The second-order valence-corrected chi connectivity index (χ2v) is 13.6. The van der Waals surface area contributed by atoms with Crippen molar-refractivity contribution in [3.05, 3.63) is 87.9 Å². The van der Waals surface area contributed by atoms with Gasteiger partial charge in [-0.2, -0.15) is 0 Å². The molecule has 7 atom stereocenters. The van der Waals surface area contributed by atoms with Crippen molar-refractivity contribution in [2.75, 3.05) is 24.7 Å². The van der Waals surface area contributed by atoms with Crippen LogP contribution in [0.15, 0.2) is 71.2 Å². The van der Waals surface area contributed by atoms with Crippen LogP contribution in [0.3, 0.4) is 0 Å². The smallest absolute Gasteiger partial charge is 0.306 e. The highest BCUT2D eigenvalue weighted by Gasteiger charge is 2.75. The Kier molecular flexibility index (Phi) is 9.42. The van der Waals surface area contributed by atoms with Gasteiger partial charge in [0, 0.05) is 23.1 Å². The van der Waals surface area contributed by atoms with Gasteiger partial charge in [0.2, 0.25) is 11.8 Å². The number of cyclic esters (lactones) is 1. The van der Waals surface area contributed by atoms with E-state index in [0.717, 1.165) is 16.7 Å². The average molecular weight is 707 g/mol. The van der Waals surface area contributed by atoms with Gasteiger partial charge in [0.1, 0.15) is 24.4 Å². The van der Waals surface area contributed by atoms with Crippen molar-refractivity contribution in [2.24, 2.45) is 11.8 Å². The number of benzene rings is 2. The number of aryl methyl sites for hydroxylation is 2. The van der Waals surface area contributed by atoms with Gasteiger partial charge < -0.3 is 29.7 Å². The first kappa shape index (κ1) is 33.1. The monoisotopic (exact) mass is 705 g/mol. The van der Waals surface area contributed by atoms with E-state index in [2.05, 4.69) is 21.2 Å². The number of aliphatic hydroxyl groups is 1. The summed E-state index contributed by atoms with van der Waals surface area (Å²) in [5, 5.41) is 13.5. The van der Waals surface area contributed by atoms with Gasteiger partial charge in [-0.25, -0.2) is 0 Å². The molecule has 4 aliphatic heterocycles. The number of amides is 3. The maximum atomic E-state index is 15.1. The number of hydrogen-bond donors (Lipinski definition) is 2. The minimum absolute atomic E-state index is 0.0900. The molecule has 0 aliphatic carbocycles. The third-order valence-corrected chi connectivity index (χ3v) is 10.5. The second-order valence-electron chi connectivity index (χ2n) is 12.7. The predicted octanol–water partition coefficient (Wildman–Crippen LogP) is 4.03. The molecule has 2 saturated heterocycles. The number of halogens is 1. The Labute approximate surface area is 282 Å². The molecule has 0 unspecified atom stereocenters. The van der Waals surface area contributed by atoms with Crippen molar-refractivity contribution in [3.8, 4) is 0 Å². The fourth-order valence-corrected chi connectivity index (χ4v) is 8.37. The fourth-order valence-electron chi connectivity index (χ4n) is 7.63. The standard InChI is InChI=1S/C36H40BrN3O7/c1-4-24(19-41)40-32-35(45)39(30-21(2)12-11-13-22(30)3)17-10-6-9-16-27(42)46-20-26(23-14-7-5-8-15-23)38-33(43)28-29(34(40)44)36(32)18-25(37)31(28)47-36/h5-8,10-15,18,24,26,28-29,31-32,41H,4,9,16-17,19-20H2,1-3H3,(H,38,43)/b10-6-/t24-,26-,28-,29+,31-,32-,36+/m0/s1. The number of carbonyl (C=O) groups is 4. The molecule has 0 radical (unpaired) electrons. The molecule has 0 saturated carbocycles. The highest BCUT2D eigenvalue weighted by Crippen LogP contribution is 2.59. The summed E-state index contributed by atoms with van der Waals surface area (Å²) in [4.78, 5) is 59.9. The maximum absolute atomic E-state index is 15.1. The number of ether oxygens (including phenoxy) is 2. The number of esters is 1. The van der Waals surface area contributed by atoms with E-state index in [-0.39, 0.29) is 32.1 Å². The molecule has 0 aromatic heterocycles. The van der Waals surface area contributed by atoms with E-state index in [1.165, 1.54) is 4.90 Å². The van der Waals surface area contributed by atoms with Crippen molar-refractivity contribution in [1.29, 1.82) is 0 Å². The van der Waals surface area contributed by atoms with Crippen LogP contribution in [0.5, 0.6) is 0 Å². The summed E-state index contributed by atoms with van der Waals surface area (Å²) in [6, 6.07) is 12.5. The zero-order valence-corrected chi connectivity index (χ0v) is 28.3. The van der Waals surface area contributed by atoms with Crippen LogP contribution in [0.25, 0.3) is 0 Å². The zero-order valence-electron chi connectivity index (χ0n) is 26.7. The molecule has 5 bridgehead atoms. The normalized spacial score (nSPS) is 30.9. The summed E-state index contributed by atoms with van der Waals surface area (Å²) in [5.41, 5.74) is 1.74. The Bertz CT molecular complexity index is 1600. The van der Waals surface area contributed by atoms with Crippen LogP contribution in [0.1, 0.15) is 48.9 Å². The number of hydrogen-bond acceptors (Lipinski definition) is 7. The van der Waals surface area contributed by atoms with Crippen LogP contribution in [0, 0.1) is 25.7 Å². The molecule has 1 spiro atoms. The minimum atomic E-state index is -1.45. The Hall–Kier alpha value is -3.80. The maximum Gasteiger partial charge on any atom is 0.306 e. The number of nitrogens with one attached hydrogen (secondary N) is 1. The molecule has 4 aliphatic rings. The second kappa shape index (κ2) is 13.4. The molecule has 2 aromatic carbocycles. The molecular weight excluding hydrogens is 666 g/mol. The van der Waals surface area contributed by atoms with Gasteiger partial charge in [-0.3, -0.25) is 19.2 Å². The summed E-state index contributed by atoms with van der Waals surface area (Å²) in [7, 11) is 0. The van der Waals surface area contributed by atoms with Crippen LogP contribution in [-0.2, 0) is 28.7 Å². The number of rotatable bonds is 5. The average Bonchev–Trinajstić information content (AvgIpc) is 3.65. The van der Waals surface area contributed by atoms with E-state index in [1.807, 2.05) is 81.5 Å². The fraction of sp³-hybridized carbons (Fsp3) is 0.444. The lowest BCUT2D eigenvalue weighted by molar-refractivity contribution is -0.146. The molecule has 10 nitrogen and oxygen atoms in total. The Morgan fingerprint density at radius 1 is 1.02 bits per heavy atom. The first-order valence-electron chi connectivity index (χ1n) is 16.2. The van der Waals surface area contributed by atoms with Gasteiger partial charge in [-0.05, 0) is 49.5 Å². The van der Waals surface area contributed by atoms with Crippen LogP contribution in [0.2, 0.25) is 0 Å². The SMILES string of the molecule is CC[C@@H](CO)N1C(=O)[C@H]2[C@@H]3C(=O)N[C@H](c4ccccc4)COC(=O)CC/C=C\CN(c4c(C)cccc4C)C(=O)[C@H]1[C@@]21C=C(Br)[C@@H]3O1. The molecule has 3 amide bonds. The largest absolute Gasteiger partial charge is 0.463 e. The Balaban J connectivity index is 1.50. The third-order valence-electron chi connectivity index (χ3n) is 9.85. The topological polar surface area (TPSA) is 125 Å². The van der Waals surface area contributed by atoms with Gasteiger partial charge in [0.05, 0.1) is 30.5 Å². The van der Waals surface area contributed by atoms with Gasteiger partial charge in [0.15, 0.2) is 0 Å². The molecule has 2 aromatic rings. The number of allylic oxidation sites excluding steroid dienone is 1. The Morgan fingerprint density at radius 3 is 2.43 bits per heavy atom. The number of anilines is 1. The van der Waals surface area contributed by atoms with Crippen molar-refractivity contribution in [1.82, 2.24) is 10.2 Å². The summed E-state index contributed by atoms with van der Waals surface area (Å²) < 4.78 is 12.9. The molecule has 11 heteroatoms. The van der Waals surface area contributed by atoms with Crippen LogP contribution in [0.4, 0.5) is 5.69 Å². The van der Waals surface area contributed by atoms with Gasteiger partial charge >= 0.3 is 5.97 Å². The zero-order chi connectivity index (χ0) is 33.5. The highest BCUT2D eigenvalue weighted by molar-refractivity contribution is 9.11. The van der Waals surface area contributed by atoms with Gasteiger partial charge in [-0.15, -0.1) is 0 Å². The van der Waals surface area contributed by atoms with E-state index in [4.69, 9.17) is 9.47 Å². The van der Waals surface area contributed by atoms with Crippen LogP contribution in [-0.4, -0.2) is 77.2 Å². The number of aliphatic hydroxyl groups excluding tert-OH is 1. The minimum Gasteiger partial charge on any atom is -0.463 e. The van der Waals surface area contributed by atoms with E-state index in [1.54, 1.807) is 11.0 Å². The first-order valence-corrected chi connectivity index (χ1v) is 16.9. The number of para-hydroxylation sites is 1. The molecule has 248 valence electrons. The lowest BCUT2D eigenvalue weighted by Gasteiger charge is -2.39. The lowest BCUT2D eigenvalue weighted by Crippen LogP contribution is -2.58. The number of likely N-dealkylation sites (tertiary alicyclic amines) is 1. The number of carbonyl (C=O) groups excluding carboxylic acids is 4. The summed E-state index contributed by atoms with van der Waals surface area (Å²) >= 11 is 3.61.